The third-order valence-electron chi connectivity index (χ3n) is 1.49. The lowest BCUT2D eigenvalue weighted by atomic mass is 10.5. The summed E-state index contributed by atoms with van der Waals surface area (Å²) in [5, 5.41) is 0. The first-order chi connectivity index (χ1) is 7.50. The molecule has 2 heteroatoms. The molecule has 2 heterocycles. The molecule has 2 nitrogen and oxygen atoms in total. The van der Waals surface area contributed by atoms with Crippen LogP contribution < -0.4 is 0 Å². The van der Waals surface area contributed by atoms with Crippen LogP contribution in [0.2, 0.25) is 0 Å². The summed E-state index contributed by atoms with van der Waals surface area (Å²) in [6, 6.07) is 11.4. The average molecular weight is 200 g/mol. The Morgan fingerprint density at radius 1 is 0.467 bits per heavy atom. The van der Waals surface area contributed by atoms with Crippen LogP contribution in [0.25, 0.3) is 0 Å². The van der Waals surface area contributed by atoms with E-state index in [1.54, 1.807) is 24.8 Å². The van der Waals surface area contributed by atoms with Gasteiger partial charge in [0.1, 0.15) is 0 Å². The second-order valence-corrected chi connectivity index (χ2v) is 3.11. The molecule has 0 amide bonds. The summed E-state index contributed by atoms with van der Waals surface area (Å²) in [4.78, 5) is 7.57. The molecule has 0 radical (unpaired) electrons. The zero-order valence-corrected chi connectivity index (χ0v) is 8.79. The van der Waals surface area contributed by atoms with Gasteiger partial charge in [0.2, 0.25) is 0 Å². The van der Waals surface area contributed by atoms with E-state index in [2.05, 4.69) is 9.97 Å². The summed E-state index contributed by atoms with van der Waals surface area (Å²) in [7, 11) is 0. The van der Waals surface area contributed by atoms with Crippen molar-refractivity contribution in [3.8, 4) is 0 Å². The fraction of sp³-hybridized carbons (Fsp3) is 0.231. The van der Waals surface area contributed by atoms with Gasteiger partial charge in [0.25, 0.3) is 0 Å². The second kappa shape index (κ2) is 8.88. The summed E-state index contributed by atoms with van der Waals surface area (Å²) < 4.78 is 0. The van der Waals surface area contributed by atoms with Gasteiger partial charge in [-0.05, 0) is 24.3 Å². The predicted molar refractivity (Wildman–Crippen MR) is 62.3 cm³/mol. The maximum absolute atomic E-state index is 3.78. The van der Waals surface area contributed by atoms with E-state index in [9.17, 15) is 0 Å². The largest absolute Gasteiger partial charge is 0.265 e. The predicted octanol–water partition coefficient (Wildman–Crippen LogP) is 3.33. The maximum Gasteiger partial charge on any atom is 0.0267 e. The van der Waals surface area contributed by atoms with Crippen molar-refractivity contribution < 1.29 is 0 Å². The Morgan fingerprint density at radius 3 is 0.867 bits per heavy atom. The molecule has 0 unspecified atom stereocenters. The Morgan fingerprint density at radius 2 is 0.800 bits per heavy atom. The van der Waals surface area contributed by atoms with E-state index in [1.807, 2.05) is 36.4 Å². The summed E-state index contributed by atoms with van der Waals surface area (Å²) in [5.74, 6) is 0. The van der Waals surface area contributed by atoms with Crippen LogP contribution in [0.5, 0.6) is 0 Å². The van der Waals surface area contributed by atoms with Gasteiger partial charge in [-0.25, -0.2) is 0 Å². The minimum absolute atomic E-state index is 1.50. The van der Waals surface area contributed by atoms with E-state index in [-0.39, 0.29) is 0 Å². The van der Waals surface area contributed by atoms with Crippen LogP contribution in [0.3, 0.4) is 0 Å². The first-order valence-corrected chi connectivity index (χ1v) is 5.20. The Labute approximate surface area is 91.0 Å². The van der Waals surface area contributed by atoms with Crippen molar-refractivity contribution >= 4 is 0 Å². The van der Waals surface area contributed by atoms with Crippen LogP contribution in [-0.4, -0.2) is 9.97 Å². The average Bonchev–Trinajstić information content (AvgIpc) is 3.22. The molecule has 0 spiro atoms. The minimum Gasteiger partial charge on any atom is -0.265 e. The molecular weight excluding hydrogens is 184 g/mol. The lowest BCUT2D eigenvalue weighted by Gasteiger charge is -1.70. The SMILES string of the molecule is C1CC1.c1ccncc1.c1ccncc1. The van der Waals surface area contributed by atoms with Gasteiger partial charge in [-0.2, -0.15) is 0 Å². The highest BCUT2D eigenvalue weighted by molar-refractivity contribution is 4.88. The van der Waals surface area contributed by atoms with Gasteiger partial charge in [0, 0.05) is 24.8 Å². The summed E-state index contributed by atoms with van der Waals surface area (Å²) in [6.45, 7) is 0. The second-order valence-electron chi connectivity index (χ2n) is 3.11. The monoisotopic (exact) mass is 200 g/mol. The molecule has 2 aromatic rings. The molecule has 15 heavy (non-hydrogen) atoms. The van der Waals surface area contributed by atoms with E-state index >= 15 is 0 Å². The Balaban J connectivity index is 0.000000119. The highest BCUT2D eigenvalue weighted by Gasteiger charge is 1.95. The zero-order valence-electron chi connectivity index (χ0n) is 8.79. The third kappa shape index (κ3) is 10.2. The molecule has 1 aliphatic rings. The quantitative estimate of drug-likeness (QED) is 0.652. The van der Waals surface area contributed by atoms with Crippen LogP contribution in [0.15, 0.2) is 61.2 Å². The Hall–Kier alpha value is -1.70. The van der Waals surface area contributed by atoms with Gasteiger partial charge < -0.3 is 0 Å². The number of nitrogens with zero attached hydrogens (tertiary/aromatic N) is 2. The molecule has 0 bridgehead atoms. The highest BCUT2D eigenvalue weighted by Crippen LogP contribution is 2.14. The van der Waals surface area contributed by atoms with Gasteiger partial charge in [-0.15, -0.1) is 0 Å². The van der Waals surface area contributed by atoms with Crippen LogP contribution in [-0.2, 0) is 0 Å². The van der Waals surface area contributed by atoms with Crippen molar-refractivity contribution in [1.29, 1.82) is 0 Å². The van der Waals surface area contributed by atoms with Crippen molar-refractivity contribution in [2.24, 2.45) is 0 Å². The normalized spacial score (nSPS) is 11.2. The molecular formula is C13H16N2. The molecule has 2 aromatic heterocycles. The van der Waals surface area contributed by atoms with Crippen LogP contribution >= 0.6 is 0 Å². The minimum atomic E-state index is 1.50. The lowest BCUT2D eigenvalue weighted by molar-refractivity contribution is 1.33. The number of hydrogen-bond acceptors (Lipinski definition) is 2. The summed E-state index contributed by atoms with van der Waals surface area (Å²) in [6.07, 6.45) is 11.5. The summed E-state index contributed by atoms with van der Waals surface area (Å²) in [5.41, 5.74) is 0. The molecule has 1 aliphatic carbocycles. The van der Waals surface area contributed by atoms with E-state index in [0.29, 0.717) is 0 Å². The van der Waals surface area contributed by atoms with Gasteiger partial charge in [-0.3, -0.25) is 9.97 Å². The lowest BCUT2D eigenvalue weighted by Crippen LogP contribution is -1.58. The molecule has 3 rings (SSSR count). The molecule has 0 aliphatic heterocycles. The van der Waals surface area contributed by atoms with Crippen molar-refractivity contribution in [2.75, 3.05) is 0 Å². The molecule has 1 saturated carbocycles. The first-order valence-electron chi connectivity index (χ1n) is 5.20. The number of rotatable bonds is 0. The van der Waals surface area contributed by atoms with Crippen molar-refractivity contribution in [3.63, 3.8) is 0 Å². The van der Waals surface area contributed by atoms with Crippen molar-refractivity contribution in [3.05, 3.63) is 61.2 Å². The Bertz CT molecular complexity index is 218. The smallest absolute Gasteiger partial charge is 0.0267 e. The maximum atomic E-state index is 3.78. The van der Waals surface area contributed by atoms with Gasteiger partial charge in [-0.1, -0.05) is 31.4 Å². The van der Waals surface area contributed by atoms with Gasteiger partial charge >= 0.3 is 0 Å². The van der Waals surface area contributed by atoms with Crippen molar-refractivity contribution in [1.82, 2.24) is 9.97 Å². The number of hydrogen-bond donors (Lipinski definition) is 0. The first kappa shape index (κ1) is 11.4. The Kier molecular flexibility index (Phi) is 6.73. The standard InChI is InChI=1S/2C5H5N.C3H6/c2*1-2-4-6-5-3-1;1-2-3-1/h2*1-5H;1-3H2. The van der Waals surface area contributed by atoms with Crippen LogP contribution in [0.4, 0.5) is 0 Å². The van der Waals surface area contributed by atoms with Gasteiger partial charge in [0.05, 0.1) is 0 Å². The number of aromatic nitrogens is 2. The van der Waals surface area contributed by atoms with E-state index in [0.717, 1.165) is 0 Å². The summed E-state index contributed by atoms with van der Waals surface area (Å²) >= 11 is 0. The molecule has 78 valence electrons. The number of pyridine rings is 2. The molecule has 0 N–H and O–H groups in total. The topological polar surface area (TPSA) is 25.8 Å². The highest BCUT2D eigenvalue weighted by atomic mass is 14.6. The van der Waals surface area contributed by atoms with E-state index in [4.69, 9.17) is 0 Å². The molecule has 1 fully saturated rings. The molecule has 0 aromatic carbocycles. The fourth-order valence-corrected chi connectivity index (χ4v) is 0.625. The zero-order chi connectivity index (χ0) is 10.6. The molecule has 0 atom stereocenters. The fourth-order valence-electron chi connectivity index (χ4n) is 0.625. The third-order valence-corrected chi connectivity index (χ3v) is 1.49. The van der Waals surface area contributed by atoms with E-state index < -0.39 is 0 Å². The van der Waals surface area contributed by atoms with E-state index in [1.165, 1.54) is 19.3 Å². The van der Waals surface area contributed by atoms with Crippen molar-refractivity contribution in [2.45, 2.75) is 19.3 Å². The van der Waals surface area contributed by atoms with Crippen LogP contribution in [0.1, 0.15) is 19.3 Å². The molecule has 0 saturated heterocycles. The van der Waals surface area contributed by atoms with Crippen LogP contribution in [0, 0.1) is 0 Å². The van der Waals surface area contributed by atoms with Gasteiger partial charge in [0.15, 0.2) is 0 Å².